The third-order valence-electron chi connectivity index (χ3n) is 6.90. The van der Waals surface area contributed by atoms with E-state index < -0.39 is 10.8 Å². The van der Waals surface area contributed by atoms with E-state index in [1.54, 1.807) is 0 Å². The molecule has 3 atom stereocenters. The molecule has 1 aliphatic heterocycles. The van der Waals surface area contributed by atoms with Gasteiger partial charge in [0.2, 0.25) is 5.91 Å². The second-order valence-electron chi connectivity index (χ2n) is 7.61. The highest BCUT2D eigenvalue weighted by Gasteiger charge is 2.81. The molecular formula is C20H22N2O2. The molecule has 3 aliphatic rings. The van der Waals surface area contributed by atoms with Crippen molar-refractivity contribution >= 4 is 5.91 Å². The van der Waals surface area contributed by atoms with Crippen LogP contribution in [0.25, 0.3) is 0 Å². The number of allylic oxidation sites excluding steroid dienone is 2. The molecular weight excluding hydrogens is 300 g/mol. The Balaban J connectivity index is 2.00. The van der Waals surface area contributed by atoms with Crippen molar-refractivity contribution in [1.82, 2.24) is 4.90 Å². The Bertz CT molecular complexity index is 794. The first-order valence-electron chi connectivity index (χ1n) is 8.64. The summed E-state index contributed by atoms with van der Waals surface area (Å²) in [5.41, 5.74) is -0.0944. The highest BCUT2D eigenvalue weighted by molar-refractivity contribution is 5.93. The number of amides is 1. The van der Waals surface area contributed by atoms with Crippen LogP contribution < -0.4 is 0 Å². The van der Waals surface area contributed by atoms with E-state index in [0.717, 1.165) is 24.9 Å². The number of rotatable bonds is 2. The van der Waals surface area contributed by atoms with Gasteiger partial charge in [-0.05, 0) is 25.3 Å². The summed E-state index contributed by atoms with van der Waals surface area (Å²) in [6, 6.07) is 12.1. The number of nitrogens with zero attached hydrogens (tertiary/aromatic N) is 2. The van der Waals surface area contributed by atoms with Gasteiger partial charge >= 0.3 is 0 Å². The molecule has 4 heteroatoms. The number of carbonyl (C=O) groups is 1. The van der Waals surface area contributed by atoms with Gasteiger partial charge in [-0.3, -0.25) is 4.79 Å². The molecule has 1 aromatic carbocycles. The summed E-state index contributed by atoms with van der Waals surface area (Å²) in [5.74, 6) is 0.334. The molecule has 2 aliphatic carbocycles. The first-order chi connectivity index (χ1) is 11.5. The maximum atomic E-state index is 13.6. The first kappa shape index (κ1) is 15.3. The third-order valence-corrected chi connectivity index (χ3v) is 6.90. The third kappa shape index (κ3) is 1.46. The van der Waals surface area contributed by atoms with E-state index in [4.69, 9.17) is 0 Å². The molecule has 1 spiro atoms. The molecule has 1 N–H and O–H groups in total. The molecule has 4 nitrogen and oxygen atoms in total. The number of benzene rings is 1. The molecule has 1 saturated heterocycles. The number of likely N-dealkylation sites (N-methyl/N-ethyl adjacent to an activating group) is 1. The van der Waals surface area contributed by atoms with E-state index in [2.05, 4.69) is 6.07 Å². The van der Waals surface area contributed by atoms with Crippen LogP contribution in [0.4, 0.5) is 0 Å². The van der Waals surface area contributed by atoms with E-state index in [1.807, 2.05) is 49.1 Å². The van der Waals surface area contributed by atoms with Gasteiger partial charge < -0.3 is 10.0 Å². The Kier molecular flexibility index (Phi) is 2.94. The number of aliphatic hydroxyl groups excluding tert-OH is 1. The van der Waals surface area contributed by atoms with E-state index in [1.165, 1.54) is 0 Å². The average molecular weight is 322 g/mol. The van der Waals surface area contributed by atoms with Crippen LogP contribution in [0, 0.1) is 22.2 Å². The van der Waals surface area contributed by atoms with Gasteiger partial charge in [0.15, 0.2) is 0 Å². The largest absolute Gasteiger partial charge is 0.511 e. The predicted molar refractivity (Wildman–Crippen MR) is 90.0 cm³/mol. The molecule has 4 rings (SSSR count). The molecule has 1 aromatic rings. The molecule has 24 heavy (non-hydrogen) atoms. The van der Waals surface area contributed by atoms with Crippen molar-refractivity contribution in [3.05, 3.63) is 47.2 Å². The van der Waals surface area contributed by atoms with Gasteiger partial charge in [-0.25, -0.2) is 0 Å². The van der Waals surface area contributed by atoms with Gasteiger partial charge in [-0.2, -0.15) is 5.26 Å². The van der Waals surface area contributed by atoms with Gasteiger partial charge in [-0.15, -0.1) is 0 Å². The minimum atomic E-state index is -0.728. The highest BCUT2D eigenvalue weighted by Crippen LogP contribution is 2.81. The maximum Gasteiger partial charge on any atom is 0.234 e. The fourth-order valence-corrected chi connectivity index (χ4v) is 5.52. The summed E-state index contributed by atoms with van der Waals surface area (Å²) in [6.07, 6.45) is 1.96. The normalized spacial score (nSPS) is 37.5. The zero-order valence-corrected chi connectivity index (χ0v) is 14.2. The number of hydrogen-bond acceptors (Lipinski definition) is 3. The van der Waals surface area contributed by atoms with Crippen molar-refractivity contribution in [1.29, 1.82) is 5.26 Å². The molecule has 0 radical (unpaired) electrons. The van der Waals surface area contributed by atoms with E-state index in [-0.39, 0.29) is 17.1 Å². The number of carbonyl (C=O) groups excluding carboxylic acids is 1. The Hall–Kier alpha value is -2.28. The summed E-state index contributed by atoms with van der Waals surface area (Å²) >= 11 is 0. The van der Waals surface area contributed by atoms with Crippen molar-refractivity contribution in [2.75, 3.05) is 13.1 Å². The fourth-order valence-electron chi connectivity index (χ4n) is 5.52. The summed E-state index contributed by atoms with van der Waals surface area (Å²) in [7, 11) is 0. The molecule has 1 heterocycles. The van der Waals surface area contributed by atoms with Crippen LogP contribution >= 0.6 is 0 Å². The van der Waals surface area contributed by atoms with Crippen molar-refractivity contribution in [2.45, 2.75) is 38.5 Å². The maximum absolute atomic E-state index is 13.6. The number of piperidine rings is 1. The van der Waals surface area contributed by atoms with Crippen molar-refractivity contribution in [2.24, 2.45) is 10.8 Å². The lowest BCUT2D eigenvalue weighted by atomic mass is 9.55. The van der Waals surface area contributed by atoms with Gasteiger partial charge in [-0.1, -0.05) is 37.3 Å². The highest BCUT2D eigenvalue weighted by atomic mass is 16.3. The van der Waals surface area contributed by atoms with Crippen LogP contribution in [0.2, 0.25) is 0 Å². The van der Waals surface area contributed by atoms with Crippen LogP contribution in [0.1, 0.15) is 38.7 Å². The Morgan fingerprint density at radius 3 is 2.67 bits per heavy atom. The van der Waals surface area contributed by atoms with Gasteiger partial charge in [0.25, 0.3) is 0 Å². The van der Waals surface area contributed by atoms with Crippen LogP contribution in [-0.4, -0.2) is 29.0 Å². The standard InChI is InChI=1S/C20H22N2O2/c1-3-22-10-9-19-13-18(19,2)16(23)14(12-21)11-20(19,17(22)24)15-7-5-4-6-8-15/h4-8,23H,3,9-11,13H2,1-2H3/t18-,19?,20?/m0/s1. The van der Waals surface area contributed by atoms with Crippen LogP contribution in [0.3, 0.4) is 0 Å². The topological polar surface area (TPSA) is 64.3 Å². The van der Waals surface area contributed by atoms with Crippen molar-refractivity contribution < 1.29 is 9.90 Å². The minimum Gasteiger partial charge on any atom is -0.511 e. The summed E-state index contributed by atoms with van der Waals surface area (Å²) in [5, 5.41) is 20.3. The smallest absolute Gasteiger partial charge is 0.234 e. The SMILES string of the molecule is CCN1CCC23C[C@@]2(C)C(O)=C(C#N)CC3(c2ccccc2)C1=O. The number of aliphatic hydroxyl groups is 1. The lowest BCUT2D eigenvalue weighted by Crippen LogP contribution is -2.60. The lowest BCUT2D eigenvalue weighted by Gasteiger charge is -2.52. The quantitative estimate of drug-likeness (QED) is 0.908. The first-order valence-corrected chi connectivity index (χ1v) is 8.64. The zero-order valence-electron chi connectivity index (χ0n) is 14.2. The summed E-state index contributed by atoms with van der Waals surface area (Å²) < 4.78 is 0. The number of hydrogen-bond donors (Lipinski definition) is 1. The van der Waals surface area contributed by atoms with Crippen LogP contribution in [0.5, 0.6) is 0 Å². The Morgan fingerprint density at radius 2 is 2.04 bits per heavy atom. The Morgan fingerprint density at radius 1 is 1.33 bits per heavy atom. The van der Waals surface area contributed by atoms with E-state index in [9.17, 15) is 15.2 Å². The fraction of sp³-hybridized carbons (Fsp3) is 0.500. The molecule has 1 amide bonds. The van der Waals surface area contributed by atoms with Crippen LogP contribution in [-0.2, 0) is 10.2 Å². The van der Waals surface area contributed by atoms with Crippen LogP contribution in [0.15, 0.2) is 41.7 Å². The molecule has 2 fully saturated rings. The van der Waals surface area contributed by atoms with Crippen molar-refractivity contribution in [3.8, 4) is 6.07 Å². The van der Waals surface area contributed by atoms with E-state index in [0.29, 0.717) is 18.5 Å². The van der Waals surface area contributed by atoms with Gasteiger partial charge in [0.05, 0.1) is 17.1 Å². The Labute approximate surface area is 142 Å². The second kappa shape index (κ2) is 4.63. The average Bonchev–Trinajstić information content (AvgIpc) is 3.24. The molecule has 0 aromatic heterocycles. The molecule has 2 unspecified atom stereocenters. The van der Waals surface area contributed by atoms with Gasteiger partial charge in [0, 0.05) is 30.3 Å². The van der Waals surface area contributed by atoms with Gasteiger partial charge in [0.1, 0.15) is 5.76 Å². The minimum absolute atomic E-state index is 0.117. The monoisotopic (exact) mass is 322 g/mol. The molecule has 124 valence electrons. The second-order valence-corrected chi connectivity index (χ2v) is 7.61. The summed E-state index contributed by atoms with van der Waals surface area (Å²) in [4.78, 5) is 15.5. The molecule has 1 saturated carbocycles. The zero-order chi connectivity index (χ0) is 17.2. The molecule has 0 bridgehead atoms. The van der Waals surface area contributed by atoms with Crippen molar-refractivity contribution in [3.63, 3.8) is 0 Å². The number of likely N-dealkylation sites (tertiary alicyclic amines) is 1. The summed E-state index contributed by atoms with van der Waals surface area (Å²) in [6.45, 7) is 5.43. The predicted octanol–water partition coefficient (Wildman–Crippen LogP) is 3.31. The lowest BCUT2D eigenvalue weighted by molar-refractivity contribution is -0.147. The van der Waals surface area contributed by atoms with E-state index >= 15 is 0 Å². The number of nitriles is 1.